The molecule has 500 valence electrons. The fourth-order valence-electron chi connectivity index (χ4n) is 12.0. The number of amides is 1. The highest BCUT2D eigenvalue weighted by atomic mass is 16.5. The number of carbonyl (C=O) groups is 2. The number of hydrogen-bond donors (Lipinski definition) is 3. The Morgan fingerprint density at radius 3 is 0.918 bits per heavy atom. The molecule has 0 aromatic carbocycles. The Kier molecular flexibility index (Phi) is 72.4. The maximum absolute atomic E-state index is 12.4. The van der Waals surface area contributed by atoms with Crippen LogP contribution in [0, 0.1) is 0 Å². The van der Waals surface area contributed by atoms with Crippen LogP contribution in [0.2, 0.25) is 0 Å². The van der Waals surface area contributed by atoms with Gasteiger partial charge in [-0.05, 0) is 89.9 Å². The maximum Gasteiger partial charge on any atom is 0.305 e. The van der Waals surface area contributed by atoms with Crippen molar-refractivity contribution in [2.75, 3.05) is 13.2 Å². The molecule has 0 aliphatic heterocycles. The van der Waals surface area contributed by atoms with Crippen LogP contribution in [-0.4, -0.2) is 47.4 Å². The number of aliphatic hydroxyl groups excluding tert-OH is 2. The molecule has 0 aliphatic rings. The number of carbonyl (C=O) groups excluding carboxylic acids is 2. The fourth-order valence-corrected chi connectivity index (χ4v) is 12.0. The highest BCUT2D eigenvalue weighted by Gasteiger charge is 2.18. The molecule has 0 fully saturated rings. The van der Waals surface area contributed by atoms with E-state index in [9.17, 15) is 19.8 Å². The van der Waals surface area contributed by atoms with Crippen molar-refractivity contribution in [3.05, 3.63) is 48.6 Å². The van der Waals surface area contributed by atoms with Gasteiger partial charge in [-0.1, -0.05) is 364 Å². The molecule has 0 heterocycles. The zero-order chi connectivity index (χ0) is 61.3. The van der Waals surface area contributed by atoms with Crippen molar-refractivity contribution >= 4 is 11.9 Å². The number of aliphatic hydroxyl groups is 2. The standard InChI is InChI=1S/C79H149NO5/c1-3-5-7-9-11-13-15-16-17-18-43-46-49-53-57-61-65-69-73-79(84)85-74-70-66-62-58-54-50-47-44-41-39-37-35-33-31-29-27-25-23-21-19-20-22-24-26-28-30-32-34-36-38-40-42-45-48-52-56-60-64-68-72-78(83)80-76(75-81)77(82)71-67-63-59-55-51-14-12-10-8-6-4-2/h13,15,17-20,67,71,76-77,81-82H,3-12,14,16,21-66,68-70,72-75H2,1-2H3,(H,80,83)/b15-13-,18-17-,20-19-,71-67+. The molecule has 0 rings (SSSR count). The minimum absolute atomic E-state index is 0.0152. The number of nitrogens with one attached hydrogen (secondary N) is 1. The molecule has 6 heteroatoms. The zero-order valence-electron chi connectivity index (χ0n) is 57.4. The summed E-state index contributed by atoms with van der Waals surface area (Å²) >= 11 is 0. The summed E-state index contributed by atoms with van der Waals surface area (Å²) in [6.07, 6.45) is 98.1. The lowest BCUT2D eigenvalue weighted by molar-refractivity contribution is -0.143. The van der Waals surface area contributed by atoms with Gasteiger partial charge < -0.3 is 20.3 Å². The zero-order valence-corrected chi connectivity index (χ0v) is 57.4. The molecular weight excluding hydrogens is 1040 g/mol. The molecule has 0 saturated carbocycles. The van der Waals surface area contributed by atoms with E-state index in [-0.39, 0.29) is 18.5 Å². The first-order valence-electron chi connectivity index (χ1n) is 38.4. The predicted octanol–water partition coefficient (Wildman–Crippen LogP) is 25.2. The second-order valence-corrected chi connectivity index (χ2v) is 26.3. The van der Waals surface area contributed by atoms with Gasteiger partial charge in [-0.3, -0.25) is 9.59 Å². The van der Waals surface area contributed by atoms with Crippen LogP contribution in [0.1, 0.15) is 418 Å². The Balaban J connectivity index is 3.31. The summed E-state index contributed by atoms with van der Waals surface area (Å²) in [6, 6.07) is -0.623. The molecule has 0 bridgehead atoms. The lowest BCUT2D eigenvalue weighted by Crippen LogP contribution is -2.45. The molecule has 0 spiro atoms. The topological polar surface area (TPSA) is 95.9 Å². The van der Waals surface area contributed by atoms with Crippen LogP contribution in [0.4, 0.5) is 0 Å². The molecule has 2 unspecified atom stereocenters. The predicted molar refractivity (Wildman–Crippen MR) is 375 cm³/mol. The maximum atomic E-state index is 12.4. The normalized spacial score (nSPS) is 12.8. The Labute approximate surface area is 531 Å². The van der Waals surface area contributed by atoms with E-state index in [0.29, 0.717) is 19.4 Å². The van der Waals surface area contributed by atoms with Crippen LogP contribution in [0.3, 0.4) is 0 Å². The van der Waals surface area contributed by atoms with Gasteiger partial charge in [0.2, 0.25) is 5.91 Å². The van der Waals surface area contributed by atoms with Crippen LogP contribution in [0.5, 0.6) is 0 Å². The highest BCUT2D eigenvalue weighted by molar-refractivity contribution is 5.76. The third-order valence-corrected chi connectivity index (χ3v) is 17.8. The van der Waals surface area contributed by atoms with E-state index in [2.05, 4.69) is 55.6 Å². The quantitative estimate of drug-likeness (QED) is 0.0320. The molecule has 2 atom stereocenters. The number of allylic oxidation sites excluding steroid dienone is 7. The first kappa shape index (κ1) is 82.8. The average molecular weight is 1190 g/mol. The van der Waals surface area contributed by atoms with Gasteiger partial charge in [-0.2, -0.15) is 0 Å². The van der Waals surface area contributed by atoms with E-state index >= 15 is 0 Å². The van der Waals surface area contributed by atoms with E-state index in [4.69, 9.17) is 4.74 Å². The summed E-state index contributed by atoms with van der Waals surface area (Å²) in [5.41, 5.74) is 0. The summed E-state index contributed by atoms with van der Waals surface area (Å²) in [6.45, 7) is 4.90. The Morgan fingerprint density at radius 1 is 0.329 bits per heavy atom. The lowest BCUT2D eigenvalue weighted by atomic mass is 10.0. The van der Waals surface area contributed by atoms with Gasteiger partial charge in [0.05, 0.1) is 25.4 Å². The summed E-state index contributed by atoms with van der Waals surface area (Å²) < 4.78 is 5.51. The van der Waals surface area contributed by atoms with Gasteiger partial charge in [-0.15, -0.1) is 0 Å². The molecule has 0 radical (unpaired) electrons. The van der Waals surface area contributed by atoms with Crippen LogP contribution in [0.25, 0.3) is 0 Å². The van der Waals surface area contributed by atoms with Gasteiger partial charge in [0, 0.05) is 12.8 Å². The van der Waals surface area contributed by atoms with Crippen LogP contribution < -0.4 is 5.32 Å². The molecule has 0 aromatic rings. The van der Waals surface area contributed by atoms with Gasteiger partial charge in [0.25, 0.3) is 0 Å². The second kappa shape index (κ2) is 74.3. The molecular formula is C79H149NO5. The molecule has 0 aromatic heterocycles. The average Bonchev–Trinajstić information content (AvgIpc) is 3.51. The van der Waals surface area contributed by atoms with E-state index < -0.39 is 12.1 Å². The Hall–Kier alpha value is -2.18. The van der Waals surface area contributed by atoms with Crippen molar-refractivity contribution in [3.63, 3.8) is 0 Å². The number of ether oxygens (including phenoxy) is 1. The monoisotopic (exact) mass is 1190 g/mol. The summed E-state index contributed by atoms with van der Waals surface area (Å²) in [5, 5.41) is 23.1. The lowest BCUT2D eigenvalue weighted by Gasteiger charge is -2.20. The minimum Gasteiger partial charge on any atom is -0.466 e. The van der Waals surface area contributed by atoms with Crippen molar-refractivity contribution in [1.29, 1.82) is 0 Å². The largest absolute Gasteiger partial charge is 0.466 e. The van der Waals surface area contributed by atoms with E-state index in [1.54, 1.807) is 6.08 Å². The highest BCUT2D eigenvalue weighted by Crippen LogP contribution is 2.19. The summed E-state index contributed by atoms with van der Waals surface area (Å²) in [4.78, 5) is 24.6. The smallest absolute Gasteiger partial charge is 0.305 e. The van der Waals surface area contributed by atoms with Crippen molar-refractivity contribution in [1.82, 2.24) is 5.32 Å². The number of hydrogen-bond acceptors (Lipinski definition) is 5. The summed E-state index contributed by atoms with van der Waals surface area (Å²) in [5.74, 6) is -0.0483. The number of esters is 1. The van der Waals surface area contributed by atoms with Crippen molar-refractivity contribution < 1.29 is 24.5 Å². The number of rotatable bonds is 72. The summed E-state index contributed by atoms with van der Waals surface area (Å²) in [7, 11) is 0. The minimum atomic E-state index is -0.840. The number of unbranched alkanes of at least 4 members (excludes halogenated alkanes) is 55. The van der Waals surface area contributed by atoms with Crippen molar-refractivity contribution in [2.24, 2.45) is 0 Å². The van der Waals surface area contributed by atoms with E-state index in [1.807, 2.05) is 6.08 Å². The van der Waals surface area contributed by atoms with Gasteiger partial charge in [-0.25, -0.2) is 0 Å². The Morgan fingerprint density at radius 2 is 0.588 bits per heavy atom. The molecule has 1 amide bonds. The van der Waals surface area contributed by atoms with E-state index in [0.717, 1.165) is 51.4 Å². The first-order chi connectivity index (χ1) is 42.0. The second-order valence-electron chi connectivity index (χ2n) is 26.3. The molecule has 3 N–H and O–H groups in total. The van der Waals surface area contributed by atoms with Crippen LogP contribution in [-0.2, 0) is 14.3 Å². The SMILES string of the molecule is CCCCCC/C=C\C/C=C\CCCCCCCCCC(=O)OCCCCCCCCCCCCCCCCCCCC/C=C\CCCCCCCCCCCCCCCCCCCC(=O)NC(CO)C(O)/C=C/CCCCCCCCCCC. The molecule has 6 nitrogen and oxygen atoms in total. The molecule has 0 aliphatic carbocycles. The third kappa shape index (κ3) is 70.8. The van der Waals surface area contributed by atoms with Crippen molar-refractivity contribution in [3.8, 4) is 0 Å². The molecule has 0 saturated heterocycles. The van der Waals surface area contributed by atoms with Gasteiger partial charge in [0.15, 0.2) is 0 Å². The van der Waals surface area contributed by atoms with Gasteiger partial charge >= 0.3 is 5.97 Å². The van der Waals surface area contributed by atoms with E-state index in [1.165, 1.54) is 340 Å². The van der Waals surface area contributed by atoms with Crippen LogP contribution in [0.15, 0.2) is 48.6 Å². The van der Waals surface area contributed by atoms with Crippen molar-refractivity contribution in [2.45, 2.75) is 431 Å². The Bertz CT molecular complexity index is 1420. The van der Waals surface area contributed by atoms with Crippen LogP contribution >= 0.6 is 0 Å². The third-order valence-electron chi connectivity index (χ3n) is 17.8. The molecule has 85 heavy (non-hydrogen) atoms. The van der Waals surface area contributed by atoms with Gasteiger partial charge in [0.1, 0.15) is 0 Å². The first-order valence-corrected chi connectivity index (χ1v) is 38.4. The fraction of sp³-hybridized carbons (Fsp3) is 0.873.